The third-order valence-corrected chi connectivity index (χ3v) is 3.35. The van der Waals surface area contributed by atoms with Gasteiger partial charge in [-0.25, -0.2) is 4.68 Å². The molecule has 2 aromatic rings. The highest BCUT2D eigenvalue weighted by Crippen LogP contribution is 2.17. The maximum atomic E-state index is 12.0. The highest BCUT2D eigenvalue weighted by molar-refractivity contribution is 5.92. The number of carbonyl (C=O) groups is 1. The van der Waals surface area contributed by atoms with Crippen LogP contribution in [0, 0.1) is 0 Å². The van der Waals surface area contributed by atoms with Crippen LogP contribution in [0.2, 0.25) is 0 Å². The molecule has 2 rings (SSSR count). The second kappa shape index (κ2) is 9.68. The van der Waals surface area contributed by atoms with E-state index in [1.54, 1.807) is 24.1 Å². The summed E-state index contributed by atoms with van der Waals surface area (Å²) in [5.41, 5.74) is 0.364. The summed E-state index contributed by atoms with van der Waals surface area (Å²) >= 11 is 0. The number of nitrogens with zero attached hydrogens (tertiary/aromatic N) is 2. The van der Waals surface area contributed by atoms with E-state index in [-0.39, 0.29) is 18.7 Å². The summed E-state index contributed by atoms with van der Waals surface area (Å²) < 4.78 is 17.7. The molecule has 1 heterocycles. The smallest absolute Gasteiger partial charge is 0.271 e. The molecule has 0 aliphatic rings. The van der Waals surface area contributed by atoms with Crippen molar-refractivity contribution in [2.45, 2.75) is 33.1 Å². The summed E-state index contributed by atoms with van der Waals surface area (Å²) in [6, 6.07) is 8.93. The lowest BCUT2D eigenvalue weighted by atomic mass is 10.3. The minimum atomic E-state index is -0.201. The van der Waals surface area contributed by atoms with Gasteiger partial charge in [-0.1, -0.05) is 0 Å². The molecule has 136 valence electrons. The molecule has 1 aromatic carbocycles. The fraction of sp³-hybridized carbons (Fsp3) is 0.444. The fourth-order valence-electron chi connectivity index (χ4n) is 2.05. The standard InChI is InChI=1S/C18H25N3O4/c1-14(2)24-12-4-10-19-18(22)17-9-11-21(20-17)13-25-16-7-5-15(23-3)6-8-16/h5-9,11,14H,4,10,12-13H2,1-3H3,(H,19,22). The number of carbonyl (C=O) groups excluding carboxylic acids is 1. The monoisotopic (exact) mass is 347 g/mol. The van der Waals surface area contributed by atoms with Gasteiger partial charge < -0.3 is 19.5 Å². The van der Waals surface area contributed by atoms with Crippen molar-refractivity contribution >= 4 is 5.91 Å². The molecule has 0 saturated carbocycles. The molecule has 0 aliphatic heterocycles. The Kier molecular flexibility index (Phi) is 7.28. The van der Waals surface area contributed by atoms with Gasteiger partial charge in [0.25, 0.3) is 5.91 Å². The molecule has 0 radical (unpaired) electrons. The lowest BCUT2D eigenvalue weighted by molar-refractivity contribution is 0.0756. The Bertz CT molecular complexity index is 653. The molecule has 7 nitrogen and oxygen atoms in total. The molecule has 0 fully saturated rings. The summed E-state index contributed by atoms with van der Waals surface area (Å²) in [5.74, 6) is 1.27. The minimum Gasteiger partial charge on any atom is -0.497 e. The quantitative estimate of drug-likeness (QED) is 0.668. The number of nitrogens with one attached hydrogen (secondary N) is 1. The zero-order chi connectivity index (χ0) is 18.1. The Balaban J connectivity index is 1.74. The average Bonchev–Trinajstić information content (AvgIpc) is 3.09. The highest BCUT2D eigenvalue weighted by atomic mass is 16.5. The SMILES string of the molecule is COc1ccc(OCn2ccc(C(=O)NCCCOC(C)C)n2)cc1. The van der Waals surface area contributed by atoms with E-state index in [2.05, 4.69) is 10.4 Å². The van der Waals surface area contributed by atoms with E-state index in [0.717, 1.165) is 12.2 Å². The molecular formula is C18H25N3O4. The third kappa shape index (κ3) is 6.46. The van der Waals surface area contributed by atoms with Gasteiger partial charge in [0.1, 0.15) is 17.2 Å². The summed E-state index contributed by atoms with van der Waals surface area (Å²) in [6.07, 6.45) is 2.68. The first-order chi connectivity index (χ1) is 12.1. The largest absolute Gasteiger partial charge is 0.497 e. The second-order valence-electron chi connectivity index (χ2n) is 5.72. The van der Waals surface area contributed by atoms with Crippen LogP contribution in [-0.2, 0) is 11.5 Å². The van der Waals surface area contributed by atoms with Gasteiger partial charge in [-0.3, -0.25) is 4.79 Å². The number of amides is 1. The molecule has 0 atom stereocenters. The van der Waals surface area contributed by atoms with Crippen LogP contribution in [-0.4, -0.2) is 42.1 Å². The first-order valence-corrected chi connectivity index (χ1v) is 8.28. The van der Waals surface area contributed by atoms with Crippen LogP contribution >= 0.6 is 0 Å². The first-order valence-electron chi connectivity index (χ1n) is 8.28. The summed E-state index contributed by atoms with van der Waals surface area (Å²) in [7, 11) is 1.61. The van der Waals surface area contributed by atoms with Gasteiger partial charge in [0.2, 0.25) is 0 Å². The molecule has 25 heavy (non-hydrogen) atoms. The minimum absolute atomic E-state index is 0.201. The third-order valence-electron chi connectivity index (χ3n) is 3.35. The van der Waals surface area contributed by atoms with Crippen LogP contribution in [0.25, 0.3) is 0 Å². The van der Waals surface area contributed by atoms with Gasteiger partial charge in [0, 0.05) is 19.3 Å². The van der Waals surface area contributed by atoms with Crippen molar-refractivity contribution < 1.29 is 19.0 Å². The van der Waals surface area contributed by atoms with Crippen molar-refractivity contribution in [1.29, 1.82) is 0 Å². The van der Waals surface area contributed by atoms with Crippen molar-refractivity contribution in [3.05, 3.63) is 42.2 Å². The Morgan fingerprint density at radius 1 is 1.20 bits per heavy atom. The molecule has 0 bridgehead atoms. The zero-order valence-corrected chi connectivity index (χ0v) is 14.9. The van der Waals surface area contributed by atoms with Gasteiger partial charge in [-0.15, -0.1) is 0 Å². The van der Waals surface area contributed by atoms with Gasteiger partial charge in [0.15, 0.2) is 6.73 Å². The molecular weight excluding hydrogens is 322 g/mol. The predicted octanol–water partition coefficient (Wildman–Crippen LogP) is 2.47. The maximum absolute atomic E-state index is 12.0. The summed E-state index contributed by atoms with van der Waals surface area (Å²) in [5, 5.41) is 7.03. The number of aromatic nitrogens is 2. The van der Waals surface area contributed by atoms with Crippen LogP contribution in [0.4, 0.5) is 0 Å². The Labute approximate surface area is 147 Å². The van der Waals surface area contributed by atoms with E-state index >= 15 is 0 Å². The topological polar surface area (TPSA) is 74.6 Å². The van der Waals surface area contributed by atoms with E-state index in [1.165, 1.54) is 0 Å². The van der Waals surface area contributed by atoms with E-state index in [0.29, 0.717) is 24.6 Å². The molecule has 0 aliphatic carbocycles. The van der Waals surface area contributed by atoms with Crippen LogP contribution in [0.5, 0.6) is 11.5 Å². The molecule has 1 amide bonds. The second-order valence-corrected chi connectivity index (χ2v) is 5.72. The van der Waals surface area contributed by atoms with Crippen LogP contribution in [0.1, 0.15) is 30.8 Å². The Hall–Kier alpha value is -2.54. The van der Waals surface area contributed by atoms with Gasteiger partial charge in [-0.2, -0.15) is 5.10 Å². The number of benzene rings is 1. The van der Waals surface area contributed by atoms with Crippen molar-refractivity contribution in [2.75, 3.05) is 20.3 Å². The number of ether oxygens (including phenoxy) is 3. The van der Waals surface area contributed by atoms with Crippen molar-refractivity contribution in [1.82, 2.24) is 15.1 Å². The van der Waals surface area contributed by atoms with Crippen LogP contribution < -0.4 is 14.8 Å². The van der Waals surface area contributed by atoms with Crippen molar-refractivity contribution in [2.24, 2.45) is 0 Å². The predicted molar refractivity (Wildman–Crippen MR) is 93.9 cm³/mol. The van der Waals surface area contributed by atoms with Gasteiger partial charge >= 0.3 is 0 Å². The fourth-order valence-corrected chi connectivity index (χ4v) is 2.05. The number of hydrogen-bond donors (Lipinski definition) is 1. The average molecular weight is 347 g/mol. The van der Waals surface area contributed by atoms with Gasteiger partial charge in [0.05, 0.1) is 13.2 Å². The molecule has 0 spiro atoms. The first kappa shape index (κ1) is 18.8. The van der Waals surface area contributed by atoms with Crippen LogP contribution in [0.15, 0.2) is 36.5 Å². The lowest BCUT2D eigenvalue weighted by Crippen LogP contribution is -2.26. The van der Waals surface area contributed by atoms with Crippen LogP contribution in [0.3, 0.4) is 0 Å². The lowest BCUT2D eigenvalue weighted by Gasteiger charge is -2.08. The van der Waals surface area contributed by atoms with E-state index < -0.39 is 0 Å². The normalized spacial score (nSPS) is 10.7. The maximum Gasteiger partial charge on any atom is 0.271 e. The number of rotatable bonds is 10. The van der Waals surface area contributed by atoms with E-state index in [1.807, 2.05) is 38.1 Å². The Morgan fingerprint density at radius 3 is 2.60 bits per heavy atom. The van der Waals surface area contributed by atoms with Gasteiger partial charge in [-0.05, 0) is 50.6 Å². The number of hydrogen-bond acceptors (Lipinski definition) is 5. The molecule has 0 saturated heterocycles. The molecule has 1 aromatic heterocycles. The van der Waals surface area contributed by atoms with E-state index in [9.17, 15) is 4.79 Å². The number of methoxy groups -OCH3 is 1. The summed E-state index contributed by atoms with van der Waals surface area (Å²) in [4.78, 5) is 12.0. The zero-order valence-electron chi connectivity index (χ0n) is 14.9. The van der Waals surface area contributed by atoms with E-state index in [4.69, 9.17) is 14.2 Å². The molecule has 0 unspecified atom stereocenters. The molecule has 7 heteroatoms. The Morgan fingerprint density at radius 2 is 1.92 bits per heavy atom. The van der Waals surface area contributed by atoms with Crippen molar-refractivity contribution in [3.63, 3.8) is 0 Å². The highest BCUT2D eigenvalue weighted by Gasteiger charge is 2.09. The summed E-state index contributed by atoms with van der Waals surface area (Å²) in [6.45, 7) is 5.38. The van der Waals surface area contributed by atoms with Crippen molar-refractivity contribution in [3.8, 4) is 11.5 Å². The molecule has 1 N–H and O–H groups in total.